The Hall–Kier alpha value is -2.10. The quantitative estimate of drug-likeness (QED) is 0.766. The first-order valence-corrected chi connectivity index (χ1v) is 5.29. The summed E-state index contributed by atoms with van der Waals surface area (Å²) in [4.78, 5) is 22.0. The third kappa shape index (κ3) is 3.45. The van der Waals surface area contributed by atoms with Gasteiger partial charge >= 0.3 is 11.9 Å². The summed E-state index contributed by atoms with van der Waals surface area (Å²) in [6.07, 6.45) is 1.66. The number of hydrogen-bond donors (Lipinski definition) is 2. The molecule has 0 radical (unpaired) electrons. The third-order valence-corrected chi connectivity index (χ3v) is 2.45. The summed E-state index contributed by atoms with van der Waals surface area (Å²) < 4.78 is 0. The molecular weight excluding hydrogens is 220 g/mol. The van der Waals surface area contributed by atoms with Crippen molar-refractivity contribution in [1.29, 1.82) is 0 Å². The predicted molar refractivity (Wildman–Crippen MR) is 63.5 cm³/mol. The number of aliphatic carboxylic acids is 2. The summed E-state index contributed by atoms with van der Waals surface area (Å²) in [7, 11) is 0. The van der Waals surface area contributed by atoms with Crippen LogP contribution in [0.3, 0.4) is 0 Å². The molecule has 0 saturated carbocycles. The Bertz CT molecular complexity index is 434. The van der Waals surface area contributed by atoms with Crippen molar-refractivity contribution in [1.82, 2.24) is 0 Å². The SMILES string of the molecule is CCC(C(=O)O)/C(=C\c1ccccc1)C(=O)O. The maximum atomic E-state index is 11.1. The second-order valence-corrected chi connectivity index (χ2v) is 3.61. The van der Waals surface area contributed by atoms with E-state index >= 15 is 0 Å². The van der Waals surface area contributed by atoms with Crippen LogP contribution in [0.15, 0.2) is 35.9 Å². The van der Waals surface area contributed by atoms with Gasteiger partial charge in [0.2, 0.25) is 0 Å². The van der Waals surface area contributed by atoms with Crippen LogP contribution in [0.25, 0.3) is 6.08 Å². The number of benzene rings is 1. The summed E-state index contributed by atoms with van der Waals surface area (Å²) in [5.74, 6) is -3.28. The molecule has 1 aromatic carbocycles. The maximum absolute atomic E-state index is 11.1. The van der Waals surface area contributed by atoms with Gasteiger partial charge in [0.15, 0.2) is 0 Å². The largest absolute Gasteiger partial charge is 0.481 e. The molecule has 0 amide bonds. The molecule has 17 heavy (non-hydrogen) atoms. The second kappa shape index (κ2) is 5.84. The van der Waals surface area contributed by atoms with Gasteiger partial charge in [-0.3, -0.25) is 4.79 Å². The van der Waals surface area contributed by atoms with Crippen molar-refractivity contribution >= 4 is 18.0 Å². The molecule has 0 fully saturated rings. The van der Waals surface area contributed by atoms with Crippen LogP contribution in [0, 0.1) is 5.92 Å². The Labute approximate surface area is 99.2 Å². The van der Waals surface area contributed by atoms with Gasteiger partial charge in [-0.1, -0.05) is 37.3 Å². The molecule has 1 rings (SSSR count). The monoisotopic (exact) mass is 234 g/mol. The van der Waals surface area contributed by atoms with Gasteiger partial charge in [0.1, 0.15) is 0 Å². The zero-order valence-corrected chi connectivity index (χ0v) is 9.46. The first kappa shape index (κ1) is 13.0. The van der Waals surface area contributed by atoms with Crippen molar-refractivity contribution in [3.8, 4) is 0 Å². The summed E-state index contributed by atoms with van der Waals surface area (Å²) in [6, 6.07) is 8.82. The number of carbonyl (C=O) groups is 2. The number of rotatable bonds is 5. The van der Waals surface area contributed by atoms with Crippen LogP contribution in [0.4, 0.5) is 0 Å². The zero-order valence-electron chi connectivity index (χ0n) is 9.46. The molecule has 0 aliphatic carbocycles. The normalized spacial score (nSPS) is 13.1. The summed E-state index contributed by atoms with van der Waals surface area (Å²) in [6.45, 7) is 1.65. The average molecular weight is 234 g/mol. The number of carboxylic acids is 2. The minimum atomic E-state index is -1.19. The minimum absolute atomic E-state index is 0.0915. The Morgan fingerprint density at radius 2 is 1.82 bits per heavy atom. The van der Waals surface area contributed by atoms with E-state index < -0.39 is 17.9 Å². The molecule has 0 heterocycles. The molecule has 0 saturated heterocycles. The molecule has 0 aliphatic rings. The third-order valence-electron chi connectivity index (χ3n) is 2.45. The molecule has 4 heteroatoms. The Balaban J connectivity index is 3.13. The van der Waals surface area contributed by atoms with Gasteiger partial charge in [0, 0.05) is 0 Å². The van der Waals surface area contributed by atoms with Gasteiger partial charge in [-0.2, -0.15) is 0 Å². The zero-order chi connectivity index (χ0) is 12.8. The van der Waals surface area contributed by atoms with Crippen molar-refractivity contribution in [3.05, 3.63) is 41.5 Å². The van der Waals surface area contributed by atoms with Crippen LogP contribution in [-0.2, 0) is 9.59 Å². The lowest BCUT2D eigenvalue weighted by Crippen LogP contribution is -2.20. The summed E-state index contributed by atoms with van der Waals surface area (Å²) in [5, 5.41) is 18.0. The fourth-order valence-electron chi connectivity index (χ4n) is 1.57. The molecule has 0 aliphatic heterocycles. The predicted octanol–water partition coefficient (Wildman–Crippen LogP) is 2.27. The Morgan fingerprint density at radius 3 is 2.24 bits per heavy atom. The molecule has 1 aromatic rings. The molecule has 90 valence electrons. The highest BCUT2D eigenvalue weighted by Gasteiger charge is 2.25. The van der Waals surface area contributed by atoms with Crippen LogP contribution in [0.5, 0.6) is 0 Å². The molecule has 1 atom stereocenters. The van der Waals surface area contributed by atoms with Crippen LogP contribution in [-0.4, -0.2) is 22.2 Å². The molecular formula is C13H14O4. The molecule has 0 aromatic heterocycles. The highest BCUT2D eigenvalue weighted by atomic mass is 16.4. The van der Waals surface area contributed by atoms with E-state index in [4.69, 9.17) is 10.2 Å². The minimum Gasteiger partial charge on any atom is -0.481 e. The van der Waals surface area contributed by atoms with E-state index in [9.17, 15) is 9.59 Å². The van der Waals surface area contributed by atoms with Crippen LogP contribution >= 0.6 is 0 Å². The van der Waals surface area contributed by atoms with E-state index in [1.165, 1.54) is 6.08 Å². The van der Waals surface area contributed by atoms with Crippen molar-refractivity contribution in [2.75, 3.05) is 0 Å². The fraction of sp³-hybridized carbons (Fsp3) is 0.231. The van der Waals surface area contributed by atoms with E-state index in [2.05, 4.69) is 0 Å². The van der Waals surface area contributed by atoms with Gasteiger partial charge in [-0.25, -0.2) is 4.79 Å². The molecule has 2 N–H and O–H groups in total. The first-order valence-electron chi connectivity index (χ1n) is 5.29. The van der Waals surface area contributed by atoms with Gasteiger partial charge in [-0.15, -0.1) is 0 Å². The van der Waals surface area contributed by atoms with Crippen LogP contribution in [0.2, 0.25) is 0 Å². The van der Waals surface area contributed by atoms with Gasteiger partial charge in [0.25, 0.3) is 0 Å². The van der Waals surface area contributed by atoms with Gasteiger partial charge < -0.3 is 10.2 Å². The van der Waals surface area contributed by atoms with Crippen molar-refractivity contribution in [3.63, 3.8) is 0 Å². The lowest BCUT2D eigenvalue weighted by atomic mass is 9.94. The van der Waals surface area contributed by atoms with Crippen LogP contribution in [0.1, 0.15) is 18.9 Å². The number of hydrogen-bond acceptors (Lipinski definition) is 2. The lowest BCUT2D eigenvalue weighted by molar-refractivity contribution is -0.143. The van der Waals surface area contributed by atoms with Crippen molar-refractivity contribution in [2.45, 2.75) is 13.3 Å². The fourth-order valence-corrected chi connectivity index (χ4v) is 1.57. The topological polar surface area (TPSA) is 74.6 Å². The Morgan fingerprint density at radius 1 is 1.24 bits per heavy atom. The molecule has 1 unspecified atom stereocenters. The Kier molecular flexibility index (Phi) is 4.46. The summed E-state index contributed by atoms with van der Waals surface area (Å²) >= 11 is 0. The summed E-state index contributed by atoms with van der Waals surface area (Å²) in [5.41, 5.74) is 0.593. The highest BCUT2D eigenvalue weighted by molar-refractivity contribution is 5.98. The second-order valence-electron chi connectivity index (χ2n) is 3.61. The van der Waals surface area contributed by atoms with Crippen LogP contribution < -0.4 is 0 Å². The molecule has 0 spiro atoms. The lowest BCUT2D eigenvalue weighted by Gasteiger charge is -2.10. The smallest absolute Gasteiger partial charge is 0.332 e. The molecule has 0 bridgehead atoms. The average Bonchev–Trinajstić information content (AvgIpc) is 2.29. The first-order chi connectivity index (χ1) is 8.06. The van der Waals surface area contributed by atoms with Gasteiger partial charge in [0.05, 0.1) is 11.5 Å². The van der Waals surface area contributed by atoms with E-state index in [-0.39, 0.29) is 12.0 Å². The van der Waals surface area contributed by atoms with Crippen molar-refractivity contribution in [2.24, 2.45) is 5.92 Å². The van der Waals surface area contributed by atoms with Crippen molar-refractivity contribution < 1.29 is 19.8 Å². The van der Waals surface area contributed by atoms with E-state index in [1.807, 2.05) is 6.07 Å². The highest BCUT2D eigenvalue weighted by Crippen LogP contribution is 2.19. The van der Waals surface area contributed by atoms with E-state index in [1.54, 1.807) is 31.2 Å². The van der Waals surface area contributed by atoms with E-state index in [0.717, 1.165) is 0 Å². The molecule has 4 nitrogen and oxygen atoms in total. The van der Waals surface area contributed by atoms with E-state index in [0.29, 0.717) is 5.56 Å². The van der Waals surface area contributed by atoms with Gasteiger partial charge in [-0.05, 0) is 18.1 Å². The maximum Gasteiger partial charge on any atom is 0.332 e. The number of carboxylic acid groups (broad SMARTS) is 2. The standard InChI is InChI=1S/C13H14O4/c1-2-10(12(14)15)11(13(16)17)8-9-6-4-3-5-7-9/h3-8,10H,2H2,1H3,(H,14,15)(H,16,17)/b11-8+.